The fraction of sp³-hybridized carbons (Fsp3) is 0.375. The topological polar surface area (TPSA) is 41.5 Å². The van der Waals surface area contributed by atoms with Crippen LogP contribution in [0.4, 0.5) is 5.95 Å². The van der Waals surface area contributed by atoms with E-state index >= 15 is 0 Å². The van der Waals surface area contributed by atoms with Gasteiger partial charge in [-0.15, -0.1) is 0 Å². The van der Waals surface area contributed by atoms with E-state index in [1.165, 1.54) is 5.56 Å². The van der Waals surface area contributed by atoms with Crippen molar-refractivity contribution in [1.29, 1.82) is 0 Å². The highest BCUT2D eigenvalue weighted by atomic mass is 35.5. The minimum Gasteiger partial charge on any atom is -0.481 e. The van der Waals surface area contributed by atoms with Crippen LogP contribution in [0.25, 0.3) is 0 Å². The maximum absolute atomic E-state index is 6.04. The molecule has 2 heterocycles. The SMILES string of the molecule is COc1ccnc(N2CCN(Cc3cccc(Cl)c3)CC2)n1. The molecule has 0 radical (unpaired) electrons. The Hall–Kier alpha value is -1.85. The summed E-state index contributed by atoms with van der Waals surface area (Å²) in [6.07, 6.45) is 1.74. The average molecular weight is 319 g/mol. The molecule has 1 aromatic heterocycles. The van der Waals surface area contributed by atoms with E-state index in [2.05, 4.69) is 25.8 Å². The van der Waals surface area contributed by atoms with Crippen LogP contribution in [0, 0.1) is 0 Å². The molecule has 3 rings (SSSR count). The summed E-state index contributed by atoms with van der Waals surface area (Å²) < 4.78 is 5.16. The molecule has 0 aliphatic carbocycles. The molecule has 0 spiro atoms. The lowest BCUT2D eigenvalue weighted by molar-refractivity contribution is 0.248. The van der Waals surface area contributed by atoms with E-state index in [9.17, 15) is 0 Å². The predicted octanol–water partition coefficient (Wildman–Crippen LogP) is 2.46. The summed E-state index contributed by atoms with van der Waals surface area (Å²) in [7, 11) is 1.62. The maximum atomic E-state index is 6.04. The van der Waals surface area contributed by atoms with Gasteiger partial charge in [0.25, 0.3) is 0 Å². The highest BCUT2D eigenvalue weighted by molar-refractivity contribution is 6.30. The summed E-state index contributed by atoms with van der Waals surface area (Å²) in [5.74, 6) is 1.34. The zero-order valence-corrected chi connectivity index (χ0v) is 13.3. The zero-order chi connectivity index (χ0) is 15.4. The Balaban J connectivity index is 1.58. The number of anilines is 1. The van der Waals surface area contributed by atoms with Gasteiger partial charge in [0.1, 0.15) is 0 Å². The molecule has 0 unspecified atom stereocenters. The number of halogens is 1. The van der Waals surface area contributed by atoms with Crippen molar-refractivity contribution in [3.8, 4) is 5.88 Å². The molecular weight excluding hydrogens is 300 g/mol. The van der Waals surface area contributed by atoms with Crippen molar-refractivity contribution < 1.29 is 4.74 Å². The Morgan fingerprint density at radius 2 is 2.00 bits per heavy atom. The average Bonchev–Trinajstić information content (AvgIpc) is 2.56. The van der Waals surface area contributed by atoms with Crippen molar-refractivity contribution in [3.63, 3.8) is 0 Å². The van der Waals surface area contributed by atoms with Gasteiger partial charge in [-0.3, -0.25) is 4.90 Å². The molecule has 0 saturated carbocycles. The standard InChI is InChI=1S/C16H19ClN4O/c1-22-15-5-6-18-16(19-15)21-9-7-20(8-10-21)12-13-3-2-4-14(17)11-13/h2-6,11H,7-10,12H2,1H3. The first-order valence-corrected chi connectivity index (χ1v) is 7.71. The Bertz CT molecular complexity index is 629. The van der Waals surface area contributed by atoms with Crippen LogP contribution in [0.5, 0.6) is 5.88 Å². The predicted molar refractivity (Wildman–Crippen MR) is 87.5 cm³/mol. The van der Waals surface area contributed by atoms with E-state index in [4.69, 9.17) is 16.3 Å². The molecule has 0 atom stereocenters. The number of nitrogens with zero attached hydrogens (tertiary/aromatic N) is 4. The Kier molecular flexibility index (Phi) is 4.75. The van der Waals surface area contributed by atoms with Crippen LogP contribution >= 0.6 is 11.6 Å². The molecule has 2 aromatic rings. The first kappa shape index (κ1) is 15.1. The van der Waals surface area contributed by atoms with Crippen LogP contribution in [0.3, 0.4) is 0 Å². The smallest absolute Gasteiger partial charge is 0.228 e. The van der Waals surface area contributed by atoms with Crippen molar-refractivity contribution in [2.24, 2.45) is 0 Å². The molecule has 1 fully saturated rings. The number of methoxy groups -OCH3 is 1. The number of hydrogen-bond donors (Lipinski definition) is 0. The second-order valence-corrected chi connectivity index (χ2v) is 5.73. The lowest BCUT2D eigenvalue weighted by Crippen LogP contribution is -2.46. The largest absolute Gasteiger partial charge is 0.481 e. The molecule has 0 amide bonds. The Labute approximate surface area is 135 Å². The summed E-state index contributed by atoms with van der Waals surface area (Å²) in [5.41, 5.74) is 1.25. The first-order valence-electron chi connectivity index (χ1n) is 7.33. The van der Waals surface area contributed by atoms with Gasteiger partial charge in [-0.25, -0.2) is 4.98 Å². The lowest BCUT2D eigenvalue weighted by Gasteiger charge is -2.34. The molecule has 0 bridgehead atoms. The van der Waals surface area contributed by atoms with Gasteiger partial charge in [0.15, 0.2) is 0 Å². The molecule has 1 aromatic carbocycles. The summed E-state index contributed by atoms with van der Waals surface area (Å²) in [6.45, 7) is 4.70. The molecule has 22 heavy (non-hydrogen) atoms. The number of benzene rings is 1. The van der Waals surface area contributed by atoms with Gasteiger partial charge >= 0.3 is 0 Å². The van der Waals surface area contributed by atoms with E-state index in [-0.39, 0.29) is 0 Å². The number of piperazine rings is 1. The third kappa shape index (κ3) is 3.67. The number of rotatable bonds is 4. The third-order valence-corrected chi connectivity index (χ3v) is 4.01. The molecule has 1 aliphatic rings. The highest BCUT2D eigenvalue weighted by Gasteiger charge is 2.19. The highest BCUT2D eigenvalue weighted by Crippen LogP contribution is 2.17. The first-order chi connectivity index (χ1) is 10.7. The zero-order valence-electron chi connectivity index (χ0n) is 12.6. The second kappa shape index (κ2) is 6.94. The van der Waals surface area contributed by atoms with Gasteiger partial charge < -0.3 is 9.64 Å². The van der Waals surface area contributed by atoms with Gasteiger partial charge in [0.2, 0.25) is 11.8 Å². The number of hydrogen-bond acceptors (Lipinski definition) is 5. The number of ether oxygens (including phenoxy) is 1. The lowest BCUT2D eigenvalue weighted by atomic mass is 10.2. The van der Waals surface area contributed by atoms with E-state index in [0.717, 1.165) is 43.7 Å². The van der Waals surface area contributed by atoms with Crippen LogP contribution in [0.1, 0.15) is 5.56 Å². The molecular formula is C16H19ClN4O. The van der Waals surface area contributed by atoms with Crippen LogP contribution in [-0.4, -0.2) is 48.2 Å². The van der Waals surface area contributed by atoms with Gasteiger partial charge in [-0.1, -0.05) is 23.7 Å². The Morgan fingerprint density at radius 1 is 1.18 bits per heavy atom. The fourth-order valence-corrected chi connectivity index (χ4v) is 2.81. The van der Waals surface area contributed by atoms with Gasteiger partial charge in [-0.2, -0.15) is 4.98 Å². The number of aromatic nitrogens is 2. The van der Waals surface area contributed by atoms with E-state index in [0.29, 0.717) is 5.88 Å². The second-order valence-electron chi connectivity index (χ2n) is 5.29. The van der Waals surface area contributed by atoms with Crippen LogP contribution in [-0.2, 0) is 6.54 Å². The summed E-state index contributed by atoms with van der Waals surface area (Å²) in [4.78, 5) is 13.3. The minimum atomic E-state index is 0.603. The maximum Gasteiger partial charge on any atom is 0.228 e. The minimum absolute atomic E-state index is 0.603. The van der Waals surface area contributed by atoms with Crippen molar-refractivity contribution in [1.82, 2.24) is 14.9 Å². The van der Waals surface area contributed by atoms with Gasteiger partial charge in [-0.05, 0) is 17.7 Å². The fourth-order valence-electron chi connectivity index (χ4n) is 2.60. The van der Waals surface area contributed by atoms with Crippen molar-refractivity contribution >= 4 is 17.5 Å². The van der Waals surface area contributed by atoms with Crippen molar-refractivity contribution in [2.75, 3.05) is 38.2 Å². The van der Waals surface area contributed by atoms with E-state index < -0.39 is 0 Å². The van der Waals surface area contributed by atoms with E-state index in [1.54, 1.807) is 19.4 Å². The molecule has 0 N–H and O–H groups in total. The van der Waals surface area contributed by atoms with E-state index in [1.807, 2.05) is 18.2 Å². The quantitative estimate of drug-likeness (QED) is 0.866. The molecule has 5 nitrogen and oxygen atoms in total. The summed E-state index contributed by atoms with van der Waals surface area (Å²) >= 11 is 6.04. The summed E-state index contributed by atoms with van der Waals surface area (Å²) in [6, 6.07) is 9.81. The summed E-state index contributed by atoms with van der Waals surface area (Å²) in [5, 5.41) is 0.793. The van der Waals surface area contributed by atoms with Crippen molar-refractivity contribution in [3.05, 3.63) is 47.1 Å². The Morgan fingerprint density at radius 3 is 2.73 bits per heavy atom. The van der Waals surface area contributed by atoms with Crippen molar-refractivity contribution in [2.45, 2.75) is 6.54 Å². The third-order valence-electron chi connectivity index (χ3n) is 3.78. The monoisotopic (exact) mass is 318 g/mol. The van der Waals surface area contributed by atoms with Gasteiger partial charge in [0, 0.05) is 50.0 Å². The molecule has 1 saturated heterocycles. The van der Waals surface area contributed by atoms with Crippen LogP contribution < -0.4 is 9.64 Å². The molecule has 1 aliphatic heterocycles. The van der Waals surface area contributed by atoms with Crippen LogP contribution in [0.15, 0.2) is 36.5 Å². The van der Waals surface area contributed by atoms with Crippen LogP contribution in [0.2, 0.25) is 5.02 Å². The molecule has 6 heteroatoms. The normalized spacial score (nSPS) is 15.8. The van der Waals surface area contributed by atoms with Gasteiger partial charge in [0.05, 0.1) is 7.11 Å². The molecule has 116 valence electrons.